The first-order valence-electron chi connectivity index (χ1n) is 7.11. The van der Waals surface area contributed by atoms with Crippen LogP contribution in [-0.4, -0.2) is 37.0 Å². The molecule has 20 heavy (non-hydrogen) atoms. The van der Waals surface area contributed by atoms with E-state index in [-0.39, 0.29) is 5.91 Å². The number of amides is 1. The molecule has 1 amide bonds. The molecule has 1 aliphatic heterocycles. The van der Waals surface area contributed by atoms with Crippen LogP contribution >= 0.6 is 11.8 Å². The third-order valence-electron chi connectivity index (χ3n) is 3.58. The number of nitrogens with two attached hydrogens (primary N) is 1. The van der Waals surface area contributed by atoms with Crippen molar-refractivity contribution in [2.24, 2.45) is 5.73 Å². The van der Waals surface area contributed by atoms with Gasteiger partial charge in [0.05, 0.1) is 17.4 Å². The van der Waals surface area contributed by atoms with E-state index >= 15 is 0 Å². The minimum Gasteiger partial charge on any atom is -0.370 e. The Labute approximate surface area is 125 Å². The van der Waals surface area contributed by atoms with Crippen molar-refractivity contribution in [2.45, 2.75) is 25.3 Å². The molecule has 4 nitrogen and oxygen atoms in total. The van der Waals surface area contributed by atoms with Crippen LogP contribution in [0.15, 0.2) is 24.3 Å². The lowest BCUT2D eigenvalue weighted by molar-refractivity contribution is -0.117. The fourth-order valence-corrected chi connectivity index (χ4v) is 2.90. The summed E-state index contributed by atoms with van der Waals surface area (Å²) in [6.07, 6.45) is 5.16. The van der Waals surface area contributed by atoms with Gasteiger partial charge in [0, 0.05) is 13.1 Å². The Morgan fingerprint density at radius 1 is 1.40 bits per heavy atom. The van der Waals surface area contributed by atoms with Gasteiger partial charge in [0.15, 0.2) is 0 Å². The largest absolute Gasteiger partial charge is 0.370 e. The Hall–Kier alpha value is -1.20. The van der Waals surface area contributed by atoms with E-state index in [2.05, 4.69) is 16.3 Å². The van der Waals surface area contributed by atoms with Crippen molar-refractivity contribution in [1.82, 2.24) is 0 Å². The molecule has 0 saturated carbocycles. The zero-order valence-electron chi connectivity index (χ0n) is 12.0. The number of para-hydroxylation sites is 2. The highest BCUT2D eigenvalue weighted by Gasteiger charge is 2.18. The fourth-order valence-electron chi connectivity index (χ4n) is 2.41. The Morgan fingerprint density at radius 2 is 2.10 bits per heavy atom. The van der Waals surface area contributed by atoms with Crippen LogP contribution < -0.4 is 16.0 Å². The maximum absolute atomic E-state index is 12.1. The average Bonchev–Trinajstić information content (AvgIpc) is 2.99. The molecule has 0 aromatic heterocycles. The van der Waals surface area contributed by atoms with E-state index in [0.29, 0.717) is 6.42 Å². The summed E-state index contributed by atoms with van der Waals surface area (Å²) in [4.78, 5) is 14.4. The van der Waals surface area contributed by atoms with Crippen molar-refractivity contribution in [3.05, 3.63) is 24.3 Å². The van der Waals surface area contributed by atoms with Gasteiger partial charge in [0.2, 0.25) is 5.91 Å². The summed E-state index contributed by atoms with van der Waals surface area (Å²) in [7, 11) is 0. The smallest absolute Gasteiger partial charge is 0.241 e. The van der Waals surface area contributed by atoms with E-state index in [1.54, 1.807) is 11.8 Å². The number of nitrogens with zero attached hydrogens (tertiary/aromatic N) is 1. The van der Waals surface area contributed by atoms with E-state index in [9.17, 15) is 4.79 Å². The molecule has 110 valence electrons. The van der Waals surface area contributed by atoms with Gasteiger partial charge in [-0.25, -0.2) is 0 Å². The van der Waals surface area contributed by atoms with Crippen LogP contribution in [0.25, 0.3) is 0 Å². The van der Waals surface area contributed by atoms with Gasteiger partial charge >= 0.3 is 0 Å². The lowest BCUT2D eigenvalue weighted by Gasteiger charge is -2.22. The minimum absolute atomic E-state index is 0.0919. The molecule has 1 atom stereocenters. The quantitative estimate of drug-likeness (QED) is 0.845. The lowest BCUT2D eigenvalue weighted by Crippen LogP contribution is -2.36. The number of thioether (sulfide) groups is 1. The Morgan fingerprint density at radius 3 is 2.80 bits per heavy atom. The first-order chi connectivity index (χ1) is 9.72. The molecule has 2 rings (SSSR count). The number of benzene rings is 1. The zero-order valence-corrected chi connectivity index (χ0v) is 12.8. The first-order valence-corrected chi connectivity index (χ1v) is 8.51. The summed E-state index contributed by atoms with van der Waals surface area (Å²) < 4.78 is 0. The molecular formula is C15H23N3OS. The summed E-state index contributed by atoms with van der Waals surface area (Å²) in [6, 6.07) is 7.54. The zero-order chi connectivity index (χ0) is 14.4. The molecule has 1 aromatic carbocycles. The Bertz CT molecular complexity index is 446. The van der Waals surface area contributed by atoms with E-state index < -0.39 is 6.04 Å². The maximum atomic E-state index is 12.1. The number of carbonyl (C=O) groups is 1. The SMILES string of the molecule is CSCC[C@H](N)C(=O)Nc1ccccc1N1CCCC1. The Kier molecular flexibility index (Phi) is 5.73. The minimum atomic E-state index is -0.436. The molecular weight excluding hydrogens is 270 g/mol. The molecule has 1 heterocycles. The molecule has 1 aromatic rings. The second-order valence-electron chi connectivity index (χ2n) is 5.09. The highest BCUT2D eigenvalue weighted by Crippen LogP contribution is 2.28. The summed E-state index contributed by atoms with van der Waals surface area (Å²) in [5.41, 5.74) is 7.90. The monoisotopic (exact) mass is 293 g/mol. The van der Waals surface area contributed by atoms with Crippen LogP contribution in [-0.2, 0) is 4.79 Å². The van der Waals surface area contributed by atoms with Gasteiger partial charge < -0.3 is 16.0 Å². The Balaban J connectivity index is 2.03. The summed E-state index contributed by atoms with van der Waals surface area (Å²) >= 11 is 1.71. The molecule has 1 fully saturated rings. The van der Waals surface area contributed by atoms with Gasteiger partial charge in [-0.2, -0.15) is 11.8 Å². The van der Waals surface area contributed by atoms with Gasteiger partial charge in [0.25, 0.3) is 0 Å². The maximum Gasteiger partial charge on any atom is 0.241 e. The summed E-state index contributed by atoms with van der Waals surface area (Å²) in [5.74, 6) is 0.813. The van der Waals surface area contributed by atoms with Gasteiger partial charge in [-0.05, 0) is 43.4 Å². The highest BCUT2D eigenvalue weighted by molar-refractivity contribution is 7.98. The third kappa shape index (κ3) is 3.90. The number of nitrogens with one attached hydrogen (secondary N) is 1. The van der Waals surface area contributed by atoms with Crippen LogP contribution in [0.2, 0.25) is 0 Å². The number of carbonyl (C=O) groups excluding carboxylic acids is 1. The predicted octanol–water partition coefficient (Wildman–Crippen LogP) is 2.31. The second kappa shape index (κ2) is 7.55. The summed E-state index contributed by atoms with van der Waals surface area (Å²) in [5, 5.41) is 2.98. The second-order valence-corrected chi connectivity index (χ2v) is 6.07. The molecule has 0 bridgehead atoms. The molecule has 0 radical (unpaired) electrons. The van der Waals surface area contributed by atoms with Crippen molar-refractivity contribution < 1.29 is 4.79 Å². The van der Waals surface area contributed by atoms with Crippen LogP contribution in [0.3, 0.4) is 0 Å². The predicted molar refractivity (Wildman–Crippen MR) is 87.5 cm³/mol. The van der Waals surface area contributed by atoms with Crippen molar-refractivity contribution in [1.29, 1.82) is 0 Å². The molecule has 0 spiro atoms. The van der Waals surface area contributed by atoms with Gasteiger partial charge in [-0.15, -0.1) is 0 Å². The normalized spacial score (nSPS) is 16.2. The van der Waals surface area contributed by atoms with Gasteiger partial charge in [-0.3, -0.25) is 4.79 Å². The molecule has 0 aliphatic carbocycles. The van der Waals surface area contributed by atoms with Crippen LogP contribution in [0.1, 0.15) is 19.3 Å². The molecule has 1 saturated heterocycles. The van der Waals surface area contributed by atoms with Crippen molar-refractivity contribution >= 4 is 29.0 Å². The lowest BCUT2D eigenvalue weighted by atomic mass is 10.2. The van der Waals surface area contributed by atoms with Crippen molar-refractivity contribution in [2.75, 3.05) is 35.3 Å². The van der Waals surface area contributed by atoms with Crippen LogP contribution in [0, 0.1) is 0 Å². The molecule has 5 heteroatoms. The van der Waals surface area contributed by atoms with E-state index in [1.807, 2.05) is 24.5 Å². The molecule has 1 aliphatic rings. The van der Waals surface area contributed by atoms with E-state index in [4.69, 9.17) is 5.73 Å². The van der Waals surface area contributed by atoms with Crippen LogP contribution in [0.5, 0.6) is 0 Å². The van der Waals surface area contributed by atoms with Gasteiger partial charge in [0.1, 0.15) is 0 Å². The number of rotatable bonds is 6. The number of anilines is 2. The standard InChI is InChI=1S/C15H23N3OS/c1-20-11-8-12(16)15(19)17-13-6-2-3-7-14(13)18-9-4-5-10-18/h2-3,6-7,12H,4-5,8-11,16H2,1H3,(H,17,19)/t12-/m0/s1. The van der Waals surface area contributed by atoms with E-state index in [0.717, 1.165) is 30.2 Å². The third-order valence-corrected chi connectivity index (χ3v) is 4.22. The average molecular weight is 293 g/mol. The molecule has 0 unspecified atom stereocenters. The van der Waals surface area contributed by atoms with E-state index in [1.165, 1.54) is 12.8 Å². The van der Waals surface area contributed by atoms with Crippen molar-refractivity contribution in [3.8, 4) is 0 Å². The first kappa shape index (κ1) is 15.2. The van der Waals surface area contributed by atoms with Crippen LogP contribution in [0.4, 0.5) is 11.4 Å². The van der Waals surface area contributed by atoms with Gasteiger partial charge in [-0.1, -0.05) is 12.1 Å². The number of hydrogen-bond donors (Lipinski definition) is 2. The number of hydrogen-bond acceptors (Lipinski definition) is 4. The van der Waals surface area contributed by atoms with Crippen molar-refractivity contribution in [3.63, 3.8) is 0 Å². The topological polar surface area (TPSA) is 58.4 Å². The fraction of sp³-hybridized carbons (Fsp3) is 0.533. The highest BCUT2D eigenvalue weighted by atomic mass is 32.2. The molecule has 3 N–H and O–H groups in total. The summed E-state index contributed by atoms with van der Waals surface area (Å²) in [6.45, 7) is 2.12.